The number of benzene rings is 6. The van der Waals surface area contributed by atoms with E-state index in [1.807, 2.05) is 74.4 Å². The molecule has 423 valence electrons. The van der Waals surface area contributed by atoms with Crippen LogP contribution >= 0.6 is 0 Å². The second-order valence-corrected chi connectivity index (χ2v) is 21.5. The molecule has 0 aliphatic carbocycles. The number of anilines is 3. The average molecular weight is 1120 g/mol. The summed E-state index contributed by atoms with van der Waals surface area (Å²) in [6.45, 7) is 22.3. The first kappa shape index (κ1) is 61.3. The molecule has 0 spiro atoms. The van der Waals surface area contributed by atoms with Gasteiger partial charge in [0.2, 0.25) is 17.7 Å². The largest absolute Gasteiger partial charge is 1.00 e. The molecular formula is C64H73BN12NaO5. The summed E-state index contributed by atoms with van der Waals surface area (Å²) in [5, 5.41) is 9.78. The topological polar surface area (TPSA) is 161 Å². The van der Waals surface area contributed by atoms with E-state index in [1.54, 1.807) is 40.9 Å². The molecule has 3 aliphatic rings. The maximum atomic E-state index is 11.6. The van der Waals surface area contributed by atoms with Crippen LogP contribution in [0.25, 0.3) is 50.2 Å². The summed E-state index contributed by atoms with van der Waals surface area (Å²) < 4.78 is 6.25. The molecule has 1 atom stereocenters. The minimum atomic E-state index is -0.503. The summed E-state index contributed by atoms with van der Waals surface area (Å²) in [4.78, 5) is 72.4. The number of piperazine rings is 3. The number of aliphatic hydroxyl groups excluding tert-OH is 1. The van der Waals surface area contributed by atoms with Gasteiger partial charge in [0.15, 0.2) is 5.78 Å². The van der Waals surface area contributed by atoms with Crippen molar-refractivity contribution in [2.24, 2.45) is 0 Å². The number of carbonyl (C=O) groups is 4. The van der Waals surface area contributed by atoms with Crippen LogP contribution in [-0.2, 0) is 14.4 Å². The van der Waals surface area contributed by atoms with E-state index in [0.29, 0.717) is 11.5 Å². The van der Waals surface area contributed by atoms with E-state index in [0.717, 1.165) is 146 Å². The Balaban J connectivity index is 0.000000178. The first-order valence-corrected chi connectivity index (χ1v) is 28.0. The summed E-state index contributed by atoms with van der Waals surface area (Å²) in [5.41, 5.74) is 15.3. The second-order valence-electron chi connectivity index (χ2n) is 21.5. The van der Waals surface area contributed by atoms with Crippen molar-refractivity contribution in [1.29, 1.82) is 0 Å². The molecule has 3 amide bonds. The Bertz CT molecular complexity index is 3590. The van der Waals surface area contributed by atoms with Crippen LogP contribution in [0.15, 0.2) is 146 Å². The van der Waals surface area contributed by atoms with E-state index in [9.17, 15) is 24.3 Å². The van der Waals surface area contributed by atoms with Gasteiger partial charge in [-0.15, -0.1) is 0 Å². The number of fused-ring (bicyclic) bond motifs is 3. The summed E-state index contributed by atoms with van der Waals surface area (Å²) >= 11 is 0. The fourth-order valence-corrected chi connectivity index (χ4v) is 10.9. The first-order valence-electron chi connectivity index (χ1n) is 28.0. The normalized spacial score (nSPS) is 14.8. The number of rotatable bonds is 9. The summed E-state index contributed by atoms with van der Waals surface area (Å²) in [5.74, 6) is 0.979. The number of hydrogen-bond acceptors (Lipinski definition) is 11. The predicted octanol–water partition coefficient (Wildman–Crippen LogP) is 6.20. The molecular weight excluding hydrogens is 1050 g/mol. The minimum Gasteiger partial charge on any atom is -1.00 e. The third-order valence-corrected chi connectivity index (χ3v) is 15.8. The molecule has 6 aromatic carbocycles. The Hall–Kier alpha value is -7.77. The molecule has 12 rings (SSSR count). The quantitative estimate of drug-likeness (QED) is 0.130. The van der Waals surface area contributed by atoms with Gasteiger partial charge < -0.3 is 35.9 Å². The molecule has 83 heavy (non-hydrogen) atoms. The van der Waals surface area contributed by atoms with Crippen molar-refractivity contribution >= 4 is 82.1 Å². The number of Topliss-reactive ketones (excluding diaryl/α,β-unsaturated/α-hetero) is 1. The molecule has 0 saturated carbocycles. The van der Waals surface area contributed by atoms with Gasteiger partial charge in [0.25, 0.3) is 0 Å². The van der Waals surface area contributed by atoms with Crippen LogP contribution < -0.4 is 44.3 Å². The van der Waals surface area contributed by atoms with Gasteiger partial charge in [0, 0.05) is 147 Å². The van der Waals surface area contributed by atoms with E-state index >= 15 is 0 Å². The molecule has 0 bridgehead atoms. The zero-order chi connectivity index (χ0) is 56.9. The molecule has 6 heterocycles. The molecule has 1 N–H and O–H groups in total. The number of carbonyl (C=O) groups excluding carboxylic acids is 4. The molecule has 17 nitrogen and oxygen atoms in total. The van der Waals surface area contributed by atoms with Crippen LogP contribution in [0.5, 0.6) is 0 Å². The maximum absolute atomic E-state index is 11.6. The average Bonchev–Trinajstić information content (AvgIpc) is 4.39. The second kappa shape index (κ2) is 27.1. The van der Waals surface area contributed by atoms with Crippen molar-refractivity contribution in [3.63, 3.8) is 0 Å². The molecule has 1 unspecified atom stereocenters. The van der Waals surface area contributed by atoms with Crippen LogP contribution in [-0.4, -0.2) is 159 Å². The standard InChI is InChI=1S/C22H26N4O.C21H24N4O2.C21H22N4O2.B.Na.H/c1-16(2)18-7-8-22-21(13-18)23-15-26(22)20-6-4-5-19(14-20)25-11-9-24(10-12-25)17(3)27;2*1-15(26)17-6-7-21-20(12-17)22-14-25(21)19-5-3-4-18(13-19)24-10-8-23(9-11-24)16(2)27;;;/h4-8,13-16H,9-12H2,1-3H3;3-7,12-15,26H,8-11H2,1-2H3;3-7,12-14H,8-11H2,1-2H3;;;/q;;;;+1;-1. The van der Waals surface area contributed by atoms with Crippen molar-refractivity contribution in [2.45, 2.75) is 60.5 Å². The van der Waals surface area contributed by atoms with Crippen LogP contribution in [0.4, 0.5) is 17.1 Å². The monoisotopic (exact) mass is 1120 g/mol. The Morgan fingerprint density at radius 3 is 1.06 bits per heavy atom. The van der Waals surface area contributed by atoms with Gasteiger partial charge in [-0.2, -0.15) is 0 Å². The van der Waals surface area contributed by atoms with Gasteiger partial charge in [0.05, 0.1) is 39.2 Å². The fourth-order valence-electron chi connectivity index (χ4n) is 10.9. The van der Waals surface area contributed by atoms with Crippen molar-refractivity contribution in [1.82, 2.24) is 43.4 Å². The molecule has 9 aromatic rings. The number of ketones is 1. The molecule has 3 aromatic heterocycles. The number of nitrogens with zero attached hydrogens (tertiary/aromatic N) is 12. The van der Waals surface area contributed by atoms with Crippen molar-refractivity contribution in [3.8, 4) is 17.1 Å². The zero-order valence-corrected chi connectivity index (χ0v) is 51.0. The van der Waals surface area contributed by atoms with Gasteiger partial charge in [0.1, 0.15) is 19.0 Å². The van der Waals surface area contributed by atoms with Crippen LogP contribution in [0.3, 0.4) is 0 Å². The van der Waals surface area contributed by atoms with E-state index in [-0.39, 0.29) is 62.9 Å². The Morgan fingerprint density at radius 1 is 0.422 bits per heavy atom. The SMILES string of the molecule is CC(=O)N1CCN(c2cccc(-n3cnc4cc(C(C)C)ccc43)c2)CC1.CC(=O)N1CCN(c2cccc(-n3cnc4cc(C(C)O)ccc43)c2)CC1.CC(=O)c1ccc2c(c1)ncn2-c1cccc(N2CCN(C(C)=O)CC2)c1.[B].[H-].[Na+]. The van der Waals surface area contributed by atoms with Gasteiger partial charge in [-0.1, -0.05) is 44.2 Å². The summed E-state index contributed by atoms with van der Waals surface area (Å²) in [6, 6.07) is 43.3. The van der Waals surface area contributed by atoms with Gasteiger partial charge in [-0.25, -0.2) is 15.0 Å². The zero-order valence-electron chi connectivity index (χ0n) is 50.0. The number of aliphatic hydroxyl groups is 1. The third-order valence-electron chi connectivity index (χ3n) is 15.8. The summed E-state index contributed by atoms with van der Waals surface area (Å²) in [6.07, 6.45) is 5.02. The number of imidazole rings is 3. The van der Waals surface area contributed by atoms with Gasteiger partial charge >= 0.3 is 29.6 Å². The van der Waals surface area contributed by atoms with Crippen LogP contribution in [0, 0.1) is 0 Å². The maximum Gasteiger partial charge on any atom is 1.00 e. The third kappa shape index (κ3) is 14.0. The van der Waals surface area contributed by atoms with Crippen molar-refractivity contribution in [2.75, 3.05) is 93.2 Å². The number of amides is 3. The van der Waals surface area contributed by atoms with E-state index in [1.165, 1.54) is 11.3 Å². The van der Waals surface area contributed by atoms with E-state index in [4.69, 9.17) is 0 Å². The molecule has 3 radical (unpaired) electrons. The van der Waals surface area contributed by atoms with Gasteiger partial charge in [-0.05, 0) is 128 Å². The number of aromatic nitrogens is 6. The van der Waals surface area contributed by atoms with E-state index < -0.39 is 6.10 Å². The van der Waals surface area contributed by atoms with Crippen LogP contribution in [0.2, 0.25) is 0 Å². The molecule has 3 saturated heterocycles. The Morgan fingerprint density at radius 2 is 0.735 bits per heavy atom. The minimum absolute atomic E-state index is 0. The predicted molar refractivity (Wildman–Crippen MR) is 328 cm³/mol. The smallest absolute Gasteiger partial charge is 1.00 e. The Kier molecular flexibility index (Phi) is 20.0. The van der Waals surface area contributed by atoms with Crippen molar-refractivity contribution < 1.29 is 55.3 Å². The summed E-state index contributed by atoms with van der Waals surface area (Å²) in [7, 11) is 0. The van der Waals surface area contributed by atoms with Gasteiger partial charge in [-0.3, -0.25) is 32.9 Å². The molecule has 3 fully saturated rings. The fraction of sp³-hybridized carbons (Fsp3) is 0.328. The molecule has 19 heteroatoms. The van der Waals surface area contributed by atoms with Crippen molar-refractivity contribution in [3.05, 3.63) is 163 Å². The first-order chi connectivity index (χ1) is 39.1. The number of hydrogen-bond donors (Lipinski definition) is 1. The Labute approximate surface area is 511 Å². The molecule has 3 aliphatic heterocycles. The van der Waals surface area contributed by atoms with Crippen LogP contribution in [0.1, 0.15) is 83.4 Å². The van der Waals surface area contributed by atoms with E-state index in [2.05, 4.69) is 138 Å².